The molecule has 0 aliphatic heterocycles. The fourth-order valence-electron chi connectivity index (χ4n) is 3.37. The lowest BCUT2D eigenvalue weighted by molar-refractivity contribution is -0.140. The second-order valence-corrected chi connectivity index (χ2v) is 9.77. The number of aliphatic carboxylic acids is 1. The molecule has 0 aromatic carbocycles. The number of amides is 7. The topological polar surface area (TPSA) is 241 Å². The largest absolute Gasteiger partial charge is 0.480 e. The number of nitrogens with two attached hydrogens (primary N) is 1. The summed E-state index contributed by atoms with van der Waals surface area (Å²) in [7, 11) is 1.42. The average Bonchev–Trinajstić information content (AvgIpc) is 2.92. The predicted molar refractivity (Wildman–Crippen MR) is 149 cm³/mol. The molecule has 0 rings (SSSR count). The van der Waals surface area contributed by atoms with Gasteiger partial charge in [-0.25, -0.2) is 9.59 Å². The number of hydrogen-bond donors (Lipinski definition) is 8. The number of nitrogens with one attached hydrogen (secondary N) is 6. The van der Waals surface area contributed by atoms with Crippen molar-refractivity contribution in [3.05, 3.63) is 0 Å². The Balaban J connectivity index is 4.62. The van der Waals surface area contributed by atoms with Gasteiger partial charge in [-0.05, 0) is 38.1 Å². The van der Waals surface area contributed by atoms with Gasteiger partial charge in [0.15, 0.2) is 0 Å². The minimum absolute atomic E-state index is 0.0563. The van der Waals surface area contributed by atoms with Gasteiger partial charge in [-0.3, -0.25) is 24.0 Å². The molecule has 0 aliphatic carbocycles. The zero-order valence-corrected chi connectivity index (χ0v) is 24.3. The van der Waals surface area contributed by atoms with Gasteiger partial charge in [-0.1, -0.05) is 27.2 Å². The highest BCUT2D eigenvalue weighted by Crippen LogP contribution is 2.11. The highest BCUT2D eigenvalue weighted by Gasteiger charge is 2.28. The molecule has 9 N–H and O–H groups in total. The molecule has 0 unspecified atom stereocenters. The molecule has 0 aromatic heterocycles. The quantitative estimate of drug-likeness (QED) is 0.0709. The van der Waals surface area contributed by atoms with Crippen molar-refractivity contribution in [3.8, 4) is 0 Å². The van der Waals surface area contributed by atoms with Gasteiger partial charge in [0.1, 0.15) is 12.1 Å². The van der Waals surface area contributed by atoms with E-state index in [0.717, 1.165) is 12.8 Å². The number of carboxylic acid groups (broad SMARTS) is 1. The van der Waals surface area contributed by atoms with E-state index in [0.29, 0.717) is 19.4 Å². The van der Waals surface area contributed by atoms with Gasteiger partial charge < -0.3 is 47.6 Å². The van der Waals surface area contributed by atoms with E-state index in [-0.39, 0.29) is 31.3 Å². The molecule has 0 saturated heterocycles. The Labute approximate surface area is 240 Å². The Morgan fingerprint density at radius 2 is 1.37 bits per heavy atom. The van der Waals surface area contributed by atoms with Crippen LogP contribution >= 0.6 is 0 Å². The molecule has 0 aromatic rings. The normalized spacial score (nSPS) is 12.0. The van der Waals surface area contributed by atoms with Crippen LogP contribution in [0.4, 0.5) is 4.79 Å². The van der Waals surface area contributed by atoms with Crippen LogP contribution in [0.5, 0.6) is 0 Å². The van der Waals surface area contributed by atoms with Gasteiger partial charge in [0.2, 0.25) is 29.5 Å². The molecule has 16 nitrogen and oxygen atoms in total. The molecule has 2 atom stereocenters. The molecule has 0 saturated carbocycles. The number of nitrogens with zero attached hydrogens (tertiary/aromatic N) is 1. The smallest absolute Gasteiger partial charge is 0.326 e. The van der Waals surface area contributed by atoms with E-state index in [1.165, 1.54) is 11.9 Å². The highest BCUT2D eigenvalue weighted by atomic mass is 16.4. The molecular weight excluding hydrogens is 540 g/mol. The SMILES string of the molecule is CCCCNC(=O)CNC(=O)[C@H](CC(C)C)N(C)C(=O)CNC(=O)CNC(=O)CNC(=O)N[C@@H](CCCN)C(=O)O. The van der Waals surface area contributed by atoms with E-state index in [9.17, 15) is 33.6 Å². The molecule has 0 heterocycles. The molecule has 0 bridgehead atoms. The fourth-order valence-corrected chi connectivity index (χ4v) is 3.37. The van der Waals surface area contributed by atoms with Crippen LogP contribution in [0.15, 0.2) is 0 Å². The van der Waals surface area contributed by atoms with Crippen LogP contribution in [-0.2, 0) is 28.8 Å². The summed E-state index contributed by atoms with van der Waals surface area (Å²) in [4.78, 5) is 85.5. The Hall–Kier alpha value is -3.95. The standard InChI is InChI=1S/C25H46N8O8/c1-5-6-10-27-19(34)13-30-23(38)18(11-16(2)3)33(4)22(37)15-29-20(35)12-28-21(36)14-31-25(41)32-17(24(39)40)8-7-9-26/h16-18H,5-15,26H2,1-4H3,(H,27,34)(H,28,36)(H,29,35)(H,30,38)(H,39,40)(H2,31,32,41)/t17-,18-/m0/s1. The number of rotatable bonds is 20. The van der Waals surface area contributed by atoms with E-state index in [1.807, 2.05) is 20.8 Å². The number of carbonyl (C=O) groups is 7. The maximum Gasteiger partial charge on any atom is 0.326 e. The van der Waals surface area contributed by atoms with Crippen LogP contribution in [0.25, 0.3) is 0 Å². The summed E-state index contributed by atoms with van der Waals surface area (Å²) < 4.78 is 0. The second-order valence-electron chi connectivity index (χ2n) is 9.77. The summed E-state index contributed by atoms with van der Waals surface area (Å²) in [5.74, 6) is -3.98. The van der Waals surface area contributed by atoms with E-state index in [4.69, 9.17) is 10.8 Å². The van der Waals surface area contributed by atoms with E-state index in [2.05, 4.69) is 31.9 Å². The van der Waals surface area contributed by atoms with Crippen LogP contribution in [0.2, 0.25) is 0 Å². The summed E-state index contributed by atoms with van der Waals surface area (Å²) in [6, 6.07) is -2.90. The lowest BCUT2D eigenvalue weighted by Crippen LogP contribution is -2.52. The van der Waals surface area contributed by atoms with Crippen molar-refractivity contribution in [3.63, 3.8) is 0 Å². The number of carbonyl (C=O) groups excluding carboxylic acids is 6. The molecule has 41 heavy (non-hydrogen) atoms. The van der Waals surface area contributed by atoms with Crippen molar-refractivity contribution in [1.82, 2.24) is 36.8 Å². The third-order valence-electron chi connectivity index (χ3n) is 5.73. The first-order valence-electron chi connectivity index (χ1n) is 13.6. The van der Waals surface area contributed by atoms with Crippen LogP contribution < -0.4 is 37.6 Å². The third-order valence-corrected chi connectivity index (χ3v) is 5.73. The second kappa shape index (κ2) is 20.9. The molecule has 0 fully saturated rings. The lowest BCUT2D eigenvalue weighted by Gasteiger charge is -2.28. The van der Waals surface area contributed by atoms with E-state index < -0.39 is 67.3 Å². The number of carboxylic acids is 1. The zero-order valence-electron chi connectivity index (χ0n) is 24.3. The first kappa shape index (κ1) is 37.0. The van der Waals surface area contributed by atoms with Crippen LogP contribution in [-0.4, -0.2) is 110 Å². The highest BCUT2D eigenvalue weighted by molar-refractivity contribution is 5.93. The minimum atomic E-state index is -1.24. The summed E-state index contributed by atoms with van der Waals surface area (Å²) in [5.41, 5.74) is 5.34. The molecule has 0 spiro atoms. The summed E-state index contributed by atoms with van der Waals surface area (Å²) in [6.45, 7) is 4.84. The number of hydrogen-bond acceptors (Lipinski definition) is 8. The summed E-state index contributed by atoms with van der Waals surface area (Å²) in [6.07, 6.45) is 2.58. The van der Waals surface area contributed by atoms with E-state index in [1.54, 1.807) is 0 Å². The minimum Gasteiger partial charge on any atom is -0.480 e. The lowest BCUT2D eigenvalue weighted by atomic mass is 10.0. The predicted octanol–water partition coefficient (Wildman–Crippen LogP) is -2.38. The molecular formula is C25H46N8O8. The van der Waals surface area contributed by atoms with Crippen molar-refractivity contribution < 1.29 is 38.7 Å². The Morgan fingerprint density at radius 1 is 0.805 bits per heavy atom. The molecule has 16 heteroatoms. The fraction of sp³-hybridized carbons (Fsp3) is 0.720. The van der Waals surface area contributed by atoms with Crippen LogP contribution in [0.1, 0.15) is 52.9 Å². The number of unbranched alkanes of at least 4 members (excludes halogenated alkanes) is 1. The first-order chi connectivity index (χ1) is 19.3. The van der Waals surface area contributed by atoms with Gasteiger partial charge in [0, 0.05) is 13.6 Å². The summed E-state index contributed by atoms with van der Waals surface area (Å²) in [5, 5.41) is 23.4. The van der Waals surface area contributed by atoms with Gasteiger partial charge in [-0.2, -0.15) is 0 Å². The first-order valence-corrected chi connectivity index (χ1v) is 13.6. The molecule has 234 valence electrons. The van der Waals surface area contributed by atoms with E-state index >= 15 is 0 Å². The van der Waals surface area contributed by atoms with Gasteiger partial charge >= 0.3 is 12.0 Å². The van der Waals surface area contributed by atoms with Gasteiger partial charge in [-0.15, -0.1) is 0 Å². The van der Waals surface area contributed by atoms with Crippen LogP contribution in [0, 0.1) is 5.92 Å². The Bertz CT molecular complexity index is 899. The number of urea groups is 1. The number of likely N-dealkylation sites (N-methyl/N-ethyl adjacent to an activating group) is 1. The monoisotopic (exact) mass is 586 g/mol. The van der Waals surface area contributed by atoms with Crippen molar-refractivity contribution in [2.24, 2.45) is 11.7 Å². The van der Waals surface area contributed by atoms with Crippen molar-refractivity contribution in [2.75, 3.05) is 46.3 Å². The molecule has 0 aliphatic rings. The van der Waals surface area contributed by atoms with Gasteiger partial charge in [0.05, 0.1) is 26.2 Å². The Kier molecular flexibility index (Phi) is 18.9. The summed E-state index contributed by atoms with van der Waals surface area (Å²) >= 11 is 0. The van der Waals surface area contributed by atoms with Gasteiger partial charge in [0.25, 0.3) is 0 Å². The van der Waals surface area contributed by atoms with Crippen molar-refractivity contribution in [2.45, 2.75) is 65.0 Å². The third kappa shape index (κ3) is 17.4. The van der Waals surface area contributed by atoms with Crippen LogP contribution in [0.3, 0.4) is 0 Å². The van der Waals surface area contributed by atoms with Crippen molar-refractivity contribution >= 4 is 41.5 Å². The average molecular weight is 587 g/mol. The maximum atomic E-state index is 12.7. The molecule has 7 amide bonds. The maximum absolute atomic E-state index is 12.7. The molecule has 0 radical (unpaired) electrons. The zero-order chi connectivity index (χ0) is 31.4. The van der Waals surface area contributed by atoms with Crippen molar-refractivity contribution in [1.29, 1.82) is 0 Å². The Morgan fingerprint density at radius 3 is 1.93 bits per heavy atom.